The zero-order chi connectivity index (χ0) is 18.8. The third-order valence-corrected chi connectivity index (χ3v) is 11.2. The van der Waals surface area contributed by atoms with Crippen LogP contribution < -0.4 is 0 Å². The van der Waals surface area contributed by atoms with Crippen molar-refractivity contribution in [2.75, 3.05) is 0 Å². The topological polar surface area (TPSA) is 0 Å². The van der Waals surface area contributed by atoms with Crippen LogP contribution in [0.25, 0.3) is 6.08 Å². The Morgan fingerprint density at radius 3 is 1.71 bits per heavy atom. The van der Waals surface area contributed by atoms with Gasteiger partial charge in [-0.05, 0) is 35.5 Å². The molecule has 0 nitrogen and oxygen atoms in total. The highest BCUT2D eigenvalue weighted by Crippen LogP contribution is 2.40. The molecular weight excluding hydrogens is 304 g/mol. The lowest BCUT2D eigenvalue weighted by molar-refractivity contribution is 0.838. The maximum atomic E-state index is 5.72. The third kappa shape index (κ3) is 6.69. The molecule has 1 aromatic carbocycles. The fraction of sp³-hybridized carbons (Fsp3) is 0.565. The molecule has 0 aliphatic rings. The lowest BCUT2D eigenvalue weighted by atomic mass is 10.1. The highest BCUT2D eigenvalue weighted by atomic mass is 28.3. The van der Waals surface area contributed by atoms with Crippen LogP contribution in [-0.2, 0) is 0 Å². The van der Waals surface area contributed by atoms with Gasteiger partial charge in [0, 0.05) is 0 Å². The Morgan fingerprint density at radius 2 is 1.42 bits per heavy atom. The van der Waals surface area contributed by atoms with Gasteiger partial charge in [0.2, 0.25) is 0 Å². The molecule has 0 N–H and O–H groups in total. The van der Waals surface area contributed by atoms with Crippen LogP contribution >= 0.6 is 0 Å². The number of hydrogen-bond acceptors (Lipinski definition) is 0. The summed E-state index contributed by atoms with van der Waals surface area (Å²) >= 11 is 0. The molecule has 0 aliphatic carbocycles. The molecule has 0 saturated heterocycles. The van der Waals surface area contributed by atoms with E-state index in [2.05, 4.69) is 97.4 Å². The minimum absolute atomic E-state index is 0.697. The lowest BCUT2D eigenvalue weighted by Gasteiger charge is -2.37. The van der Waals surface area contributed by atoms with Crippen molar-refractivity contribution in [1.29, 1.82) is 0 Å². The molecule has 0 amide bonds. The molecule has 1 aromatic rings. The first-order valence-electron chi connectivity index (χ1n) is 9.43. The van der Waals surface area contributed by atoms with Crippen molar-refractivity contribution in [3.63, 3.8) is 0 Å². The van der Waals surface area contributed by atoms with Crippen LogP contribution in [0.15, 0.2) is 30.3 Å². The second kappa shape index (κ2) is 11.3. The average Bonchev–Trinajstić information content (AvgIpc) is 2.50. The van der Waals surface area contributed by atoms with Crippen molar-refractivity contribution in [3.8, 4) is 12.0 Å². The van der Waals surface area contributed by atoms with Crippen LogP contribution in [0.1, 0.15) is 72.4 Å². The standard InChI is InChI=1S/C12H16.C11H22Si/c1-3-4-5-6-12-9-7-11(2)8-10-12;1-8-12(9(2)3,10(4)5)11(6)7/h5-10H,3-4H2,1-2H3;1,9-11H,2-7H3/b6-5+;. The molecule has 1 rings (SSSR count). The second-order valence-corrected chi connectivity index (χ2v) is 13.3. The van der Waals surface area contributed by atoms with Gasteiger partial charge in [-0.2, -0.15) is 0 Å². The van der Waals surface area contributed by atoms with Gasteiger partial charge < -0.3 is 0 Å². The van der Waals surface area contributed by atoms with E-state index < -0.39 is 8.07 Å². The Hall–Kier alpha value is -1.26. The van der Waals surface area contributed by atoms with Crippen LogP contribution in [0.5, 0.6) is 0 Å². The highest BCUT2D eigenvalue weighted by molar-refractivity contribution is 6.90. The molecule has 0 bridgehead atoms. The van der Waals surface area contributed by atoms with Crippen molar-refractivity contribution < 1.29 is 0 Å². The van der Waals surface area contributed by atoms with Gasteiger partial charge in [0.15, 0.2) is 0 Å². The Balaban J connectivity index is 0.000000441. The molecule has 0 unspecified atom stereocenters. The molecular formula is C23H38Si. The van der Waals surface area contributed by atoms with E-state index in [9.17, 15) is 0 Å². The average molecular weight is 343 g/mol. The van der Waals surface area contributed by atoms with Crippen LogP contribution in [-0.4, -0.2) is 8.07 Å². The first kappa shape index (κ1) is 22.7. The van der Waals surface area contributed by atoms with Gasteiger partial charge in [0.25, 0.3) is 0 Å². The molecule has 0 aliphatic heterocycles. The van der Waals surface area contributed by atoms with Crippen molar-refractivity contribution in [2.45, 2.75) is 84.9 Å². The molecule has 0 heterocycles. The molecule has 0 atom stereocenters. The minimum atomic E-state index is -1.47. The normalized spacial score (nSPS) is 11.8. The Kier molecular flexibility index (Phi) is 10.7. The van der Waals surface area contributed by atoms with Gasteiger partial charge in [-0.25, -0.2) is 0 Å². The smallest absolute Gasteiger partial charge is 0.134 e. The summed E-state index contributed by atoms with van der Waals surface area (Å²) in [6.45, 7) is 18.0. The van der Waals surface area contributed by atoms with Crippen molar-refractivity contribution in [1.82, 2.24) is 0 Å². The van der Waals surface area contributed by atoms with E-state index in [-0.39, 0.29) is 0 Å². The first-order valence-corrected chi connectivity index (χ1v) is 11.7. The molecule has 0 spiro atoms. The number of allylic oxidation sites excluding steroid dienone is 1. The fourth-order valence-electron chi connectivity index (χ4n) is 3.56. The molecule has 134 valence electrons. The second-order valence-electron chi connectivity index (χ2n) is 7.64. The van der Waals surface area contributed by atoms with Crippen molar-refractivity contribution in [3.05, 3.63) is 41.5 Å². The third-order valence-electron chi connectivity index (χ3n) is 4.96. The van der Waals surface area contributed by atoms with E-state index in [1.165, 1.54) is 24.0 Å². The fourth-order valence-corrected chi connectivity index (χ4v) is 8.56. The summed E-state index contributed by atoms with van der Waals surface area (Å²) in [4.78, 5) is 0. The summed E-state index contributed by atoms with van der Waals surface area (Å²) in [6, 6.07) is 8.60. The summed E-state index contributed by atoms with van der Waals surface area (Å²) in [5.74, 6) is 0. The minimum Gasteiger partial charge on any atom is -0.134 e. The van der Waals surface area contributed by atoms with E-state index in [4.69, 9.17) is 6.42 Å². The Bertz CT molecular complexity index is 490. The lowest BCUT2D eigenvalue weighted by Crippen LogP contribution is -2.43. The molecule has 0 saturated carbocycles. The molecule has 1 heteroatoms. The van der Waals surface area contributed by atoms with Gasteiger partial charge in [-0.3, -0.25) is 0 Å². The maximum absolute atomic E-state index is 5.72. The molecule has 0 radical (unpaired) electrons. The number of hydrogen-bond donors (Lipinski definition) is 0. The van der Waals surface area contributed by atoms with E-state index in [1.54, 1.807) is 0 Å². The van der Waals surface area contributed by atoms with Crippen LogP contribution in [0.2, 0.25) is 16.6 Å². The quantitative estimate of drug-likeness (QED) is 0.368. The zero-order valence-corrected chi connectivity index (χ0v) is 18.2. The predicted octanol–water partition coefficient (Wildman–Crippen LogP) is 7.65. The molecule has 0 aromatic heterocycles. The van der Waals surface area contributed by atoms with E-state index >= 15 is 0 Å². The number of rotatable bonds is 6. The van der Waals surface area contributed by atoms with E-state index in [0.29, 0.717) is 16.6 Å². The number of benzene rings is 1. The van der Waals surface area contributed by atoms with Gasteiger partial charge >= 0.3 is 0 Å². The molecule has 24 heavy (non-hydrogen) atoms. The zero-order valence-electron chi connectivity index (χ0n) is 17.2. The highest BCUT2D eigenvalue weighted by Gasteiger charge is 2.41. The monoisotopic (exact) mass is 342 g/mol. The Morgan fingerprint density at radius 1 is 0.958 bits per heavy atom. The Labute approximate surface area is 152 Å². The van der Waals surface area contributed by atoms with Crippen LogP contribution in [0, 0.1) is 18.9 Å². The van der Waals surface area contributed by atoms with Gasteiger partial charge in [-0.15, -0.1) is 12.0 Å². The maximum Gasteiger partial charge on any atom is 0.145 e. The molecule has 0 fully saturated rings. The summed E-state index contributed by atoms with van der Waals surface area (Å²) in [6.07, 6.45) is 12.5. The predicted molar refractivity (Wildman–Crippen MR) is 115 cm³/mol. The SMILES string of the molecule is C#C[Si](C(C)C)(C(C)C)C(C)C.CCC/C=C/c1ccc(C)cc1. The van der Waals surface area contributed by atoms with E-state index in [1.807, 2.05) is 0 Å². The van der Waals surface area contributed by atoms with Crippen molar-refractivity contribution >= 4 is 14.1 Å². The van der Waals surface area contributed by atoms with E-state index in [0.717, 1.165) is 0 Å². The van der Waals surface area contributed by atoms with Crippen LogP contribution in [0.3, 0.4) is 0 Å². The van der Waals surface area contributed by atoms with Gasteiger partial charge in [0.1, 0.15) is 8.07 Å². The van der Waals surface area contributed by atoms with Crippen molar-refractivity contribution in [2.24, 2.45) is 0 Å². The summed E-state index contributed by atoms with van der Waals surface area (Å²) in [5, 5.41) is 0. The largest absolute Gasteiger partial charge is 0.145 e. The summed E-state index contributed by atoms with van der Waals surface area (Å²) in [7, 11) is -1.47. The van der Waals surface area contributed by atoms with Crippen LogP contribution in [0.4, 0.5) is 0 Å². The number of aryl methyl sites for hydroxylation is 1. The first-order chi connectivity index (χ1) is 11.2. The number of unbranched alkanes of at least 4 members (excludes halogenated alkanes) is 1. The number of terminal acetylenes is 1. The summed E-state index contributed by atoms with van der Waals surface area (Å²) < 4.78 is 0. The summed E-state index contributed by atoms with van der Waals surface area (Å²) in [5.41, 5.74) is 7.86. The van der Waals surface area contributed by atoms with Gasteiger partial charge in [-0.1, -0.05) is 96.9 Å². The van der Waals surface area contributed by atoms with Gasteiger partial charge in [0.05, 0.1) is 0 Å².